The first kappa shape index (κ1) is 45.3. The van der Waals surface area contributed by atoms with Crippen molar-refractivity contribution in [2.24, 2.45) is 5.34 Å². The number of methoxy groups -OCH3 is 6. The van der Waals surface area contributed by atoms with Gasteiger partial charge in [-0.15, -0.1) is 5.34 Å². The maximum atomic E-state index is 8.00. The summed E-state index contributed by atoms with van der Waals surface area (Å²) in [7, 11) is 10.3. The highest BCUT2D eigenvalue weighted by Crippen LogP contribution is 1.59. The number of nitrogens with zero attached hydrogens (tertiary/aromatic N) is 1. The molecule has 0 spiro atoms. The van der Waals surface area contributed by atoms with Crippen molar-refractivity contribution >= 4 is 0 Å². The van der Waals surface area contributed by atoms with E-state index in [0.29, 0.717) is 0 Å². The molecular formula is C18H48BrClN4O8. The third-order valence-corrected chi connectivity index (χ3v) is 3.16. The first-order chi connectivity index (χ1) is 14.7. The lowest BCUT2D eigenvalue weighted by Crippen LogP contribution is -3.00. The number of quaternary nitrogens is 3. The van der Waals surface area contributed by atoms with E-state index in [2.05, 4.69) is 16.0 Å². The molecule has 0 radical (unpaired) electrons. The largest absolute Gasteiger partial charge is 1.00 e. The first-order valence-electron chi connectivity index (χ1n) is 10.00. The molecular weight excluding hydrogens is 516 g/mol. The van der Waals surface area contributed by atoms with Crippen LogP contribution in [0.15, 0.2) is 5.34 Å². The first-order valence-corrected chi connectivity index (χ1v) is 10.00. The fourth-order valence-electron chi connectivity index (χ4n) is 1.64. The summed E-state index contributed by atoms with van der Waals surface area (Å²) in [6.07, 6.45) is 0. The van der Waals surface area contributed by atoms with E-state index in [4.69, 9.17) is 38.5 Å². The van der Waals surface area contributed by atoms with Crippen molar-refractivity contribution in [2.45, 2.75) is 0 Å². The van der Waals surface area contributed by atoms with Gasteiger partial charge in [0.25, 0.3) is 0 Å². The summed E-state index contributed by atoms with van der Waals surface area (Å²) in [5.74, 6) is 0. The summed E-state index contributed by atoms with van der Waals surface area (Å²) >= 11 is 0. The normalized spacial score (nSPS) is 8.81. The zero-order valence-electron chi connectivity index (χ0n) is 20.7. The van der Waals surface area contributed by atoms with Crippen LogP contribution < -0.4 is 45.3 Å². The fourth-order valence-corrected chi connectivity index (χ4v) is 1.64. The molecule has 0 unspecified atom stereocenters. The third kappa shape index (κ3) is 78.0. The van der Waals surface area contributed by atoms with Crippen molar-refractivity contribution in [1.29, 1.82) is 0 Å². The maximum absolute atomic E-state index is 8.00. The predicted molar refractivity (Wildman–Crippen MR) is 115 cm³/mol. The zero-order valence-corrected chi connectivity index (χ0v) is 23.0. The second-order valence-corrected chi connectivity index (χ2v) is 5.63. The van der Waals surface area contributed by atoms with Gasteiger partial charge in [-0.25, -0.2) is 0 Å². The Morgan fingerprint density at radius 1 is 0.531 bits per heavy atom. The summed E-state index contributed by atoms with van der Waals surface area (Å²) in [5, 5.41) is 15.5. The van der Waals surface area contributed by atoms with Crippen molar-refractivity contribution in [3.8, 4) is 0 Å². The molecule has 202 valence electrons. The minimum absolute atomic E-state index is 0. The molecule has 0 saturated heterocycles. The molecule has 0 fully saturated rings. The average molecular weight is 564 g/mol. The molecule has 0 aliphatic rings. The van der Waals surface area contributed by atoms with E-state index in [-0.39, 0.29) is 29.4 Å². The van der Waals surface area contributed by atoms with Crippen LogP contribution in [0, 0.1) is 10.1 Å². The Morgan fingerprint density at radius 2 is 0.656 bits per heavy atom. The summed E-state index contributed by atoms with van der Waals surface area (Å²) in [4.78, 5) is 8.00. The molecule has 32 heavy (non-hydrogen) atoms. The molecule has 0 aromatic carbocycles. The number of ether oxygens (including phenoxy) is 6. The van der Waals surface area contributed by atoms with Crippen LogP contribution in [0.3, 0.4) is 0 Å². The van der Waals surface area contributed by atoms with Crippen LogP contribution >= 0.6 is 0 Å². The van der Waals surface area contributed by atoms with E-state index in [0.717, 1.165) is 84.3 Å². The van der Waals surface area contributed by atoms with E-state index < -0.39 is 0 Å². The van der Waals surface area contributed by atoms with Gasteiger partial charge >= 0.3 is 0 Å². The number of nitrogens with two attached hydrogens (primary N) is 3. The van der Waals surface area contributed by atoms with Gasteiger partial charge < -0.3 is 83.9 Å². The molecule has 0 atom stereocenters. The zero-order chi connectivity index (χ0) is 23.6. The second kappa shape index (κ2) is 57.6. The monoisotopic (exact) mass is 562 g/mol. The van der Waals surface area contributed by atoms with Crippen molar-refractivity contribution < 1.29 is 73.8 Å². The van der Waals surface area contributed by atoms with Gasteiger partial charge in [-0.3, -0.25) is 0 Å². The number of hydrogen-bond donors (Lipinski definition) is 3. The van der Waals surface area contributed by atoms with Crippen LogP contribution in [0.4, 0.5) is 0 Å². The molecule has 0 amide bonds. The average Bonchev–Trinajstić information content (AvgIpc) is 2.75. The summed E-state index contributed by atoms with van der Waals surface area (Å²) in [6, 6.07) is 0. The standard InChI is InChI=1S/3C6H15NO2.BrH.ClH.HNO2/c3*1-8-5-3-7-4-6-9-2;;;2-1-3/h3*7H,3-6H2,1-2H3;2*1H;(H,2,3). The molecule has 0 aromatic heterocycles. The Bertz CT molecular complexity index is 220. The lowest BCUT2D eigenvalue weighted by atomic mass is 10.6. The van der Waals surface area contributed by atoms with Crippen molar-refractivity contribution in [3.05, 3.63) is 10.1 Å². The molecule has 0 aromatic rings. The van der Waals surface area contributed by atoms with Gasteiger partial charge in [0.15, 0.2) is 0 Å². The summed E-state index contributed by atoms with van der Waals surface area (Å²) in [5.41, 5.74) is 0. The van der Waals surface area contributed by atoms with Gasteiger partial charge in [0.2, 0.25) is 0 Å². The van der Waals surface area contributed by atoms with Gasteiger partial charge in [-0.2, -0.15) is 0 Å². The third-order valence-electron chi connectivity index (χ3n) is 3.16. The van der Waals surface area contributed by atoms with Gasteiger partial charge in [-0.1, -0.05) is 0 Å². The Morgan fingerprint density at radius 3 is 0.750 bits per heavy atom. The van der Waals surface area contributed by atoms with Crippen molar-refractivity contribution in [1.82, 2.24) is 0 Å². The van der Waals surface area contributed by atoms with E-state index in [9.17, 15) is 0 Å². The van der Waals surface area contributed by atoms with E-state index in [1.807, 2.05) is 0 Å². The second-order valence-electron chi connectivity index (χ2n) is 5.63. The Labute approximate surface area is 210 Å². The molecule has 0 aliphatic heterocycles. The van der Waals surface area contributed by atoms with Gasteiger partial charge in [0.05, 0.1) is 78.9 Å². The van der Waals surface area contributed by atoms with Crippen LogP contribution in [0.5, 0.6) is 0 Å². The maximum Gasteiger partial charge on any atom is 0.0993 e. The van der Waals surface area contributed by atoms with E-state index in [1.165, 1.54) is 0 Å². The highest BCUT2D eigenvalue weighted by atomic mass is 79.9. The smallest absolute Gasteiger partial charge is 0.0993 e. The van der Waals surface area contributed by atoms with E-state index in [1.54, 1.807) is 42.7 Å². The van der Waals surface area contributed by atoms with Crippen LogP contribution in [-0.4, -0.2) is 122 Å². The lowest BCUT2D eigenvalue weighted by molar-refractivity contribution is -0.657. The SMILES string of the molecule is COCC[NH2+]CCOC.COCC[NH2+]CCOC.COCC[NH2+]CCOC.O=N[O-].[Br-].[Cl-]. The summed E-state index contributed by atoms with van der Waals surface area (Å²) < 4.78 is 29.1. The molecule has 12 nitrogen and oxygen atoms in total. The lowest BCUT2D eigenvalue weighted by Gasteiger charge is -1.98. The topological polar surface area (TPSA) is 158 Å². The molecule has 0 heterocycles. The molecule has 14 heteroatoms. The molecule has 0 aliphatic carbocycles. The molecule has 0 rings (SSSR count). The van der Waals surface area contributed by atoms with Crippen LogP contribution in [-0.2, 0) is 28.4 Å². The molecule has 0 saturated carbocycles. The van der Waals surface area contributed by atoms with Gasteiger partial charge in [0, 0.05) is 42.7 Å². The molecule has 0 bridgehead atoms. The summed E-state index contributed by atoms with van der Waals surface area (Å²) in [6.45, 7) is 11.1. The van der Waals surface area contributed by atoms with E-state index >= 15 is 0 Å². The van der Waals surface area contributed by atoms with Crippen molar-refractivity contribution in [3.63, 3.8) is 0 Å². The Kier molecular flexibility index (Phi) is 81.5. The number of halogens is 2. The van der Waals surface area contributed by atoms with Gasteiger partial charge in [-0.05, 0) is 0 Å². The Balaban J connectivity index is -0.0000000723. The minimum Gasteiger partial charge on any atom is -1.00 e. The fraction of sp³-hybridized carbons (Fsp3) is 1.00. The highest BCUT2D eigenvalue weighted by molar-refractivity contribution is 4.22. The van der Waals surface area contributed by atoms with Crippen LogP contribution in [0.1, 0.15) is 0 Å². The minimum atomic E-state index is 0. The van der Waals surface area contributed by atoms with Crippen LogP contribution in [0.2, 0.25) is 0 Å². The van der Waals surface area contributed by atoms with Gasteiger partial charge in [0.1, 0.15) is 0 Å². The molecule has 6 N–H and O–H groups in total. The highest BCUT2D eigenvalue weighted by Gasteiger charge is 1.88. The quantitative estimate of drug-likeness (QED) is 0.0843. The number of hydrogen-bond acceptors (Lipinski definition) is 9. The van der Waals surface area contributed by atoms with Crippen LogP contribution in [0.25, 0.3) is 0 Å². The predicted octanol–water partition coefficient (Wildman–Crippen LogP) is -9.21. The Hall–Kier alpha value is -0.190. The van der Waals surface area contributed by atoms with Crippen molar-refractivity contribution in [2.75, 3.05) is 122 Å². The number of rotatable bonds is 18.